The number of hydrogen-bond acceptors (Lipinski definition) is 5. The maximum absolute atomic E-state index is 11.3. The molecule has 1 aliphatic rings. The number of piperazine rings is 1. The Labute approximate surface area is 189 Å². The number of carboxylic acid groups (broad SMARTS) is 1. The first-order chi connectivity index (χ1) is 15.7. The van der Waals surface area contributed by atoms with Crippen LogP contribution in [0.2, 0.25) is 0 Å². The number of anilines is 2. The number of rotatable bonds is 9. The van der Waals surface area contributed by atoms with Crippen molar-refractivity contribution in [2.45, 2.75) is 12.8 Å². The third-order valence-corrected chi connectivity index (χ3v) is 5.83. The second-order valence-corrected chi connectivity index (χ2v) is 8.14. The highest BCUT2D eigenvalue weighted by atomic mass is 16.5. The molecule has 0 spiro atoms. The highest BCUT2D eigenvalue weighted by Crippen LogP contribution is 2.23. The molecule has 1 atom stereocenters. The van der Waals surface area contributed by atoms with Crippen LogP contribution in [-0.4, -0.2) is 48.8 Å². The van der Waals surface area contributed by atoms with Gasteiger partial charge in [-0.3, -0.25) is 9.78 Å². The van der Waals surface area contributed by atoms with Crippen molar-refractivity contribution in [3.05, 3.63) is 84.7 Å². The van der Waals surface area contributed by atoms with E-state index in [2.05, 4.69) is 39.0 Å². The molecule has 0 amide bonds. The predicted octanol–water partition coefficient (Wildman–Crippen LogP) is 4.12. The van der Waals surface area contributed by atoms with Crippen molar-refractivity contribution in [1.29, 1.82) is 0 Å². The minimum atomic E-state index is -0.796. The van der Waals surface area contributed by atoms with Crippen LogP contribution < -0.4 is 14.5 Å². The molecule has 2 heterocycles. The Morgan fingerprint density at radius 3 is 2.06 bits per heavy atom. The minimum absolute atomic E-state index is 0.0733. The van der Waals surface area contributed by atoms with Gasteiger partial charge < -0.3 is 19.6 Å². The lowest BCUT2D eigenvalue weighted by Crippen LogP contribution is -2.46. The Balaban J connectivity index is 1.30. The number of aliphatic carboxylic acids is 1. The summed E-state index contributed by atoms with van der Waals surface area (Å²) in [7, 11) is 0. The van der Waals surface area contributed by atoms with E-state index in [1.807, 2.05) is 54.9 Å². The van der Waals surface area contributed by atoms with E-state index in [-0.39, 0.29) is 12.3 Å². The van der Waals surface area contributed by atoms with Crippen molar-refractivity contribution in [2.24, 2.45) is 5.92 Å². The van der Waals surface area contributed by atoms with Gasteiger partial charge in [0.05, 0.1) is 13.0 Å². The predicted molar refractivity (Wildman–Crippen MR) is 126 cm³/mol. The maximum Gasteiger partial charge on any atom is 0.303 e. The van der Waals surface area contributed by atoms with Crippen LogP contribution in [0.3, 0.4) is 0 Å². The van der Waals surface area contributed by atoms with Crippen LogP contribution in [0.1, 0.15) is 12.0 Å². The second kappa shape index (κ2) is 10.7. The molecule has 0 saturated carbocycles. The van der Waals surface area contributed by atoms with Crippen LogP contribution in [-0.2, 0) is 11.2 Å². The summed E-state index contributed by atoms with van der Waals surface area (Å²) >= 11 is 0. The Kier molecular flexibility index (Phi) is 7.23. The molecule has 1 unspecified atom stereocenters. The summed E-state index contributed by atoms with van der Waals surface area (Å²) in [5.74, 6) is -0.0979. The number of carboxylic acids is 1. The quantitative estimate of drug-likeness (QED) is 0.550. The minimum Gasteiger partial charge on any atom is -0.493 e. The van der Waals surface area contributed by atoms with Crippen LogP contribution in [0.4, 0.5) is 11.4 Å². The van der Waals surface area contributed by atoms with Gasteiger partial charge in [0.15, 0.2) is 0 Å². The van der Waals surface area contributed by atoms with Gasteiger partial charge in [0.1, 0.15) is 5.75 Å². The molecular weight excluding hydrogens is 402 g/mol. The molecule has 32 heavy (non-hydrogen) atoms. The van der Waals surface area contributed by atoms with Gasteiger partial charge in [-0.15, -0.1) is 0 Å². The van der Waals surface area contributed by atoms with Crippen LogP contribution >= 0.6 is 0 Å². The monoisotopic (exact) mass is 431 g/mol. The maximum atomic E-state index is 11.3. The standard InChI is InChI=1S/C26H29N3O3/c30-26(31)19-22(18-21-4-2-1-3-5-21)20-32-25-8-6-23(7-9-25)28-14-16-29(17-15-28)24-10-12-27-13-11-24/h1-13,22H,14-20H2,(H,30,31). The first kappa shape index (κ1) is 21.7. The van der Waals surface area contributed by atoms with Crippen molar-refractivity contribution < 1.29 is 14.6 Å². The molecule has 6 heteroatoms. The lowest BCUT2D eigenvalue weighted by atomic mass is 9.97. The fourth-order valence-corrected chi connectivity index (χ4v) is 4.13. The van der Waals surface area contributed by atoms with Crippen LogP contribution in [0.15, 0.2) is 79.1 Å². The van der Waals surface area contributed by atoms with Crippen LogP contribution in [0, 0.1) is 5.92 Å². The number of nitrogens with zero attached hydrogens (tertiary/aromatic N) is 3. The Morgan fingerprint density at radius 2 is 1.47 bits per heavy atom. The molecule has 1 aliphatic heterocycles. The normalized spacial score (nSPS) is 14.8. The summed E-state index contributed by atoms with van der Waals surface area (Å²) in [5, 5.41) is 9.26. The lowest BCUT2D eigenvalue weighted by molar-refractivity contribution is -0.138. The molecule has 0 bridgehead atoms. The van der Waals surface area contributed by atoms with Gasteiger partial charge in [-0.25, -0.2) is 0 Å². The van der Waals surface area contributed by atoms with E-state index in [1.54, 1.807) is 0 Å². The van der Waals surface area contributed by atoms with Gasteiger partial charge >= 0.3 is 5.97 Å². The zero-order chi connectivity index (χ0) is 22.2. The summed E-state index contributed by atoms with van der Waals surface area (Å²) in [6.45, 7) is 4.24. The number of aromatic nitrogens is 1. The fourth-order valence-electron chi connectivity index (χ4n) is 4.13. The van der Waals surface area contributed by atoms with E-state index >= 15 is 0 Å². The molecule has 0 aliphatic carbocycles. The highest BCUT2D eigenvalue weighted by molar-refractivity contribution is 5.67. The molecule has 0 radical (unpaired) electrons. The highest BCUT2D eigenvalue weighted by Gasteiger charge is 2.18. The summed E-state index contributed by atoms with van der Waals surface area (Å²) in [4.78, 5) is 20.1. The number of ether oxygens (including phenoxy) is 1. The lowest BCUT2D eigenvalue weighted by Gasteiger charge is -2.37. The third kappa shape index (κ3) is 6.00. The van der Waals surface area contributed by atoms with E-state index < -0.39 is 5.97 Å². The smallest absolute Gasteiger partial charge is 0.303 e. The molecule has 6 nitrogen and oxygen atoms in total. The number of benzene rings is 2. The molecule has 4 rings (SSSR count). The molecular formula is C26H29N3O3. The van der Waals surface area contributed by atoms with Gasteiger partial charge in [-0.1, -0.05) is 30.3 Å². The summed E-state index contributed by atoms with van der Waals surface area (Å²) in [6, 6.07) is 22.2. The largest absolute Gasteiger partial charge is 0.493 e. The summed E-state index contributed by atoms with van der Waals surface area (Å²) in [6.07, 6.45) is 4.45. The zero-order valence-corrected chi connectivity index (χ0v) is 18.1. The first-order valence-corrected chi connectivity index (χ1v) is 11.1. The van der Waals surface area contributed by atoms with Crippen molar-refractivity contribution >= 4 is 17.3 Å². The summed E-state index contributed by atoms with van der Waals surface area (Å²) < 4.78 is 5.96. The second-order valence-electron chi connectivity index (χ2n) is 8.14. The summed E-state index contributed by atoms with van der Waals surface area (Å²) in [5.41, 5.74) is 3.52. The molecule has 1 fully saturated rings. The third-order valence-electron chi connectivity index (χ3n) is 5.83. The average molecular weight is 432 g/mol. The van der Waals surface area contributed by atoms with E-state index in [0.717, 1.165) is 37.5 Å². The molecule has 1 aromatic heterocycles. The topological polar surface area (TPSA) is 65.9 Å². The Hall–Kier alpha value is -3.54. The van der Waals surface area contributed by atoms with Crippen molar-refractivity contribution in [3.8, 4) is 5.75 Å². The average Bonchev–Trinajstić information content (AvgIpc) is 2.84. The van der Waals surface area contributed by atoms with Crippen LogP contribution in [0.5, 0.6) is 5.75 Å². The fraction of sp³-hybridized carbons (Fsp3) is 0.308. The number of carbonyl (C=O) groups is 1. The van der Waals surface area contributed by atoms with Gasteiger partial charge in [0.25, 0.3) is 0 Å². The van der Waals surface area contributed by atoms with Crippen LogP contribution in [0.25, 0.3) is 0 Å². The molecule has 1 saturated heterocycles. The Morgan fingerprint density at radius 1 is 0.875 bits per heavy atom. The number of hydrogen-bond donors (Lipinski definition) is 1. The molecule has 2 aromatic carbocycles. The molecule has 3 aromatic rings. The van der Waals surface area contributed by atoms with E-state index in [0.29, 0.717) is 13.0 Å². The molecule has 1 N–H and O–H groups in total. The van der Waals surface area contributed by atoms with E-state index in [9.17, 15) is 9.90 Å². The van der Waals surface area contributed by atoms with Crippen molar-refractivity contribution in [1.82, 2.24) is 4.98 Å². The van der Waals surface area contributed by atoms with Gasteiger partial charge in [-0.05, 0) is 48.4 Å². The van der Waals surface area contributed by atoms with Gasteiger partial charge in [-0.2, -0.15) is 0 Å². The van der Waals surface area contributed by atoms with Crippen molar-refractivity contribution in [2.75, 3.05) is 42.6 Å². The first-order valence-electron chi connectivity index (χ1n) is 11.1. The SMILES string of the molecule is O=C(O)CC(COc1ccc(N2CCN(c3ccncc3)CC2)cc1)Cc1ccccc1. The van der Waals surface area contributed by atoms with Gasteiger partial charge in [0, 0.05) is 55.9 Å². The van der Waals surface area contributed by atoms with E-state index in [1.165, 1.54) is 11.4 Å². The van der Waals surface area contributed by atoms with E-state index in [4.69, 9.17) is 4.74 Å². The van der Waals surface area contributed by atoms with Gasteiger partial charge in [0.2, 0.25) is 0 Å². The Bertz CT molecular complexity index is 972. The van der Waals surface area contributed by atoms with Crippen molar-refractivity contribution in [3.63, 3.8) is 0 Å². The zero-order valence-electron chi connectivity index (χ0n) is 18.1. The molecule has 166 valence electrons. The number of pyridine rings is 1.